The predicted molar refractivity (Wildman–Crippen MR) is 122 cm³/mol. The van der Waals surface area contributed by atoms with Gasteiger partial charge in [-0.1, -0.05) is 19.9 Å². The maximum Gasteiger partial charge on any atom is 0.253 e. The van der Waals surface area contributed by atoms with Crippen LogP contribution in [0.3, 0.4) is 0 Å². The number of hydrogen-bond acceptors (Lipinski definition) is 6. The summed E-state index contributed by atoms with van der Waals surface area (Å²) in [5, 5.41) is 2.94. The molecule has 4 rings (SSSR count). The molecule has 172 valence electrons. The molecule has 0 saturated carbocycles. The second-order valence-electron chi connectivity index (χ2n) is 7.83. The smallest absolute Gasteiger partial charge is 0.253 e. The van der Waals surface area contributed by atoms with Gasteiger partial charge in [-0.05, 0) is 48.7 Å². The number of hydrogen-bond donors (Lipinski definition) is 1. The first-order valence-electron chi connectivity index (χ1n) is 11.0. The maximum absolute atomic E-state index is 13.2. The number of ether oxygens (including phenoxy) is 2. The predicted octanol–water partition coefficient (Wildman–Crippen LogP) is 2.98. The van der Waals surface area contributed by atoms with E-state index < -0.39 is 10.0 Å². The molecule has 32 heavy (non-hydrogen) atoms. The number of carbonyl (C=O) groups excluding carboxylic acids is 1. The van der Waals surface area contributed by atoms with Crippen molar-refractivity contribution >= 4 is 21.6 Å². The van der Waals surface area contributed by atoms with Crippen molar-refractivity contribution in [3.63, 3.8) is 0 Å². The molecule has 1 saturated heterocycles. The SMILES string of the molecule is CCN(CC)S(=O)(=O)c1ccc(N2CCCC2)c(C(=O)NCc2ccc3c(c2)OCO3)c1. The first-order chi connectivity index (χ1) is 15.4. The number of rotatable bonds is 8. The zero-order valence-electron chi connectivity index (χ0n) is 18.5. The van der Waals surface area contributed by atoms with Crippen LogP contribution in [0.15, 0.2) is 41.3 Å². The molecular weight excluding hydrogens is 430 g/mol. The van der Waals surface area contributed by atoms with Crippen LogP contribution in [0.4, 0.5) is 5.69 Å². The van der Waals surface area contributed by atoms with Gasteiger partial charge in [0, 0.05) is 38.4 Å². The fraction of sp³-hybridized carbons (Fsp3) is 0.435. The molecule has 1 N–H and O–H groups in total. The zero-order chi connectivity index (χ0) is 22.7. The largest absolute Gasteiger partial charge is 0.454 e. The number of nitrogens with one attached hydrogen (secondary N) is 1. The highest BCUT2D eigenvalue weighted by Gasteiger charge is 2.26. The minimum absolute atomic E-state index is 0.136. The molecule has 0 unspecified atom stereocenters. The average Bonchev–Trinajstić information content (AvgIpc) is 3.49. The molecule has 0 spiro atoms. The summed E-state index contributed by atoms with van der Waals surface area (Å²) in [5.41, 5.74) is 2.02. The van der Waals surface area contributed by atoms with Gasteiger partial charge in [0.15, 0.2) is 11.5 Å². The Labute approximate surface area is 189 Å². The molecular formula is C23H29N3O5S. The molecule has 2 aliphatic rings. The van der Waals surface area contributed by atoms with Crippen LogP contribution < -0.4 is 19.7 Å². The van der Waals surface area contributed by atoms with Gasteiger partial charge in [-0.15, -0.1) is 0 Å². The Kier molecular flexibility index (Phi) is 6.57. The van der Waals surface area contributed by atoms with Gasteiger partial charge in [0.05, 0.1) is 10.5 Å². The van der Waals surface area contributed by atoms with Crippen molar-refractivity contribution in [1.29, 1.82) is 0 Å². The Morgan fingerprint density at radius 3 is 2.47 bits per heavy atom. The van der Waals surface area contributed by atoms with Gasteiger partial charge >= 0.3 is 0 Å². The minimum atomic E-state index is -3.67. The quantitative estimate of drug-likeness (QED) is 0.653. The fourth-order valence-corrected chi connectivity index (χ4v) is 5.62. The van der Waals surface area contributed by atoms with Crippen molar-refractivity contribution in [1.82, 2.24) is 9.62 Å². The third kappa shape index (κ3) is 4.40. The summed E-state index contributed by atoms with van der Waals surface area (Å²) in [7, 11) is -3.67. The number of anilines is 1. The number of nitrogens with zero attached hydrogens (tertiary/aromatic N) is 2. The molecule has 0 bridgehead atoms. The lowest BCUT2D eigenvalue weighted by molar-refractivity contribution is 0.0951. The topological polar surface area (TPSA) is 88.2 Å². The second kappa shape index (κ2) is 9.38. The first kappa shape index (κ1) is 22.4. The summed E-state index contributed by atoms with van der Waals surface area (Å²) in [6.07, 6.45) is 2.11. The molecule has 0 aliphatic carbocycles. The van der Waals surface area contributed by atoms with Gasteiger partial charge in [0.25, 0.3) is 5.91 Å². The van der Waals surface area contributed by atoms with E-state index in [1.165, 1.54) is 10.4 Å². The molecule has 8 nitrogen and oxygen atoms in total. The maximum atomic E-state index is 13.2. The molecule has 1 fully saturated rings. The van der Waals surface area contributed by atoms with Crippen LogP contribution in [0.5, 0.6) is 11.5 Å². The van der Waals surface area contributed by atoms with Gasteiger partial charge < -0.3 is 19.7 Å². The van der Waals surface area contributed by atoms with E-state index >= 15 is 0 Å². The molecule has 2 aromatic rings. The normalized spacial score (nSPS) is 15.4. The molecule has 0 radical (unpaired) electrons. The highest BCUT2D eigenvalue weighted by Crippen LogP contribution is 2.33. The third-order valence-corrected chi connectivity index (χ3v) is 7.94. The Morgan fingerprint density at radius 2 is 1.75 bits per heavy atom. The van der Waals surface area contributed by atoms with Crippen LogP contribution in [-0.4, -0.2) is 51.6 Å². The highest BCUT2D eigenvalue weighted by atomic mass is 32.2. The van der Waals surface area contributed by atoms with E-state index in [1.807, 2.05) is 18.2 Å². The van der Waals surface area contributed by atoms with Crippen molar-refractivity contribution in [2.24, 2.45) is 0 Å². The lowest BCUT2D eigenvalue weighted by Crippen LogP contribution is -2.32. The van der Waals surface area contributed by atoms with E-state index in [0.717, 1.165) is 37.2 Å². The lowest BCUT2D eigenvalue weighted by atomic mass is 10.1. The fourth-order valence-electron chi connectivity index (χ4n) is 4.13. The van der Waals surface area contributed by atoms with Crippen LogP contribution in [0.25, 0.3) is 0 Å². The number of amides is 1. The Morgan fingerprint density at radius 1 is 1.03 bits per heavy atom. The van der Waals surface area contributed by atoms with E-state index in [9.17, 15) is 13.2 Å². The van der Waals surface area contributed by atoms with Crippen molar-refractivity contribution in [2.45, 2.75) is 38.1 Å². The average molecular weight is 460 g/mol. The highest BCUT2D eigenvalue weighted by molar-refractivity contribution is 7.89. The van der Waals surface area contributed by atoms with Crippen molar-refractivity contribution in [2.75, 3.05) is 37.9 Å². The van der Waals surface area contributed by atoms with Crippen molar-refractivity contribution in [3.8, 4) is 11.5 Å². The van der Waals surface area contributed by atoms with Gasteiger partial charge in [-0.3, -0.25) is 4.79 Å². The number of carbonyl (C=O) groups is 1. The molecule has 1 amide bonds. The number of sulfonamides is 1. The van der Waals surface area contributed by atoms with Crippen molar-refractivity contribution in [3.05, 3.63) is 47.5 Å². The zero-order valence-corrected chi connectivity index (χ0v) is 19.3. The van der Waals surface area contributed by atoms with Gasteiger partial charge in [0.1, 0.15) is 0 Å². The van der Waals surface area contributed by atoms with E-state index in [1.54, 1.807) is 26.0 Å². The molecule has 2 aliphatic heterocycles. The van der Waals surface area contributed by atoms with E-state index in [4.69, 9.17) is 9.47 Å². The number of benzene rings is 2. The van der Waals surface area contributed by atoms with E-state index in [-0.39, 0.29) is 17.6 Å². The molecule has 0 aromatic heterocycles. The summed E-state index contributed by atoms with van der Waals surface area (Å²) >= 11 is 0. The van der Waals surface area contributed by atoms with Gasteiger partial charge in [0.2, 0.25) is 16.8 Å². The molecule has 9 heteroatoms. The molecule has 0 atom stereocenters. The van der Waals surface area contributed by atoms with Crippen LogP contribution in [-0.2, 0) is 16.6 Å². The van der Waals surface area contributed by atoms with Gasteiger partial charge in [-0.2, -0.15) is 4.31 Å². The van der Waals surface area contributed by atoms with Crippen LogP contribution in [0, 0.1) is 0 Å². The minimum Gasteiger partial charge on any atom is -0.454 e. The first-order valence-corrected chi connectivity index (χ1v) is 12.4. The Hall–Kier alpha value is -2.78. The Balaban J connectivity index is 1.61. The van der Waals surface area contributed by atoms with Crippen LogP contribution >= 0.6 is 0 Å². The molecule has 2 heterocycles. The van der Waals surface area contributed by atoms with Crippen molar-refractivity contribution < 1.29 is 22.7 Å². The standard InChI is InChI=1S/C23H29N3O5S/c1-3-26(4-2)32(28,29)18-8-9-20(25-11-5-6-12-25)19(14-18)23(27)24-15-17-7-10-21-22(13-17)31-16-30-21/h7-10,13-14H,3-6,11-12,15-16H2,1-2H3,(H,24,27). The lowest BCUT2D eigenvalue weighted by Gasteiger charge is -2.23. The van der Waals surface area contributed by atoms with E-state index in [2.05, 4.69) is 10.2 Å². The summed E-state index contributed by atoms with van der Waals surface area (Å²) in [6.45, 7) is 6.54. The Bertz CT molecular complexity index is 1090. The monoisotopic (exact) mass is 459 g/mol. The van der Waals surface area contributed by atoms with Crippen LogP contribution in [0.2, 0.25) is 0 Å². The number of fused-ring (bicyclic) bond motifs is 1. The van der Waals surface area contributed by atoms with Gasteiger partial charge in [-0.25, -0.2) is 8.42 Å². The summed E-state index contributed by atoms with van der Waals surface area (Å²) in [6, 6.07) is 10.4. The summed E-state index contributed by atoms with van der Waals surface area (Å²) < 4.78 is 38.2. The summed E-state index contributed by atoms with van der Waals surface area (Å²) in [5.74, 6) is 1.04. The molecule has 2 aromatic carbocycles. The van der Waals surface area contributed by atoms with Crippen LogP contribution in [0.1, 0.15) is 42.6 Å². The van der Waals surface area contributed by atoms with E-state index in [0.29, 0.717) is 36.7 Å². The second-order valence-corrected chi connectivity index (χ2v) is 9.77. The third-order valence-electron chi connectivity index (χ3n) is 5.89. The summed E-state index contributed by atoms with van der Waals surface area (Å²) in [4.78, 5) is 15.5.